The fourth-order valence-corrected chi connectivity index (χ4v) is 1.47. The summed E-state index contributed by atoms with van der Waals surface area (Å²) in [6.07, 6.45) is 2.65. The number of rotatable bonds is 4. The van der Waals surface area contributed by atoms with E-state index >= 15 is 0 Å². The zero-order valence-corrected chi connectivity index (χ0v) is 8.68. The van der Waals surface area contributed by atoms with E-state index in [2.05, 4.69) is 19.6 Å². The number of thiol groups is 1. The number of benzene rings is 1. The molecule has 0 aliphatic heterocycles. The van der Waals surface area contributed by atoms with Gasteiger partial charge in [0.05, 0.1) is 0 Å². The Balaban J connectivity index is 2.71. The average molecular weight is 194 g/mol. The number of Topliss-reactive ketones (excluding diaryl/α,β-unsaturated/α-hetero) is 1. The Morgan fingerprint density at radius 2 is 2.08 bits per heavy atom. The maximum absolute atomic E-state index is 11.6. The number of carbonyl (C=O) groups is 1. The summed E-state index contributed by atoms with van der Waals surface area (Å²) in [5.41, 5.74) is 0.749. The first kappa shape index (κ1) is 10.3. The van der Waals surface area contributed by atoms with E-state index in [0.29, 0.717) is 6.42 Å². The van der Waals surface area contributed by atoms with Crippen LogP contribution in [0.2, 0.25) is 0 Å². The van der Waals surface area contributed by atoms with E-state index in [1.165, 1.54) is 0 Å². The molecular formula is C11H14OS. The van der Waals surface area contributed by atoms with Crippen LogP contribution < -0.4 is 0 Å². The lowest BCUT2D eigenvalue weighted by molar-refractivity contribution is 0.0977. The van der Waals surface area contributed by atoms with Gasteiger partial charge in [-0.05, 0) is 12.5 Å². The standard InChI is InChI=1S/C11H14OS/c1-2-3-7-10(12)9-6-4-5-8-11(9)13/h4-6,8,13H,2-3,7H2,1H3. The molecule has 1 rings (SSSR count). The van der Waals surface area contributed by atoms with Crippen LogP contribution in [0.1, 0.15) is 36.5 Å². The molecule has 0 heterocycles. The number of carbonyl (C=O) groups excluding carboxylic acids is 1. The van der Waals surface area contributed by atoms with Gasteiger partial charge in [-0.3, -0.25) is 4.79 Å². The summed E-state index contributed by atoms with van der Waals surface area (Å²) in [7, 11) is 0. The van der Waals surface area contributed by atoms with E-state index in [-0.39, 0.29) is 5.78 Å². The van der Waals surface area contributed by atoms with Crippen LogP contribution in [0.4, 0.5) is 0 Å². The zero-order valence-electron chi connectivity index (χ0n) is 7.79. The molecule has 0 amide bonds. The highest BCUT2D eigenvalue weighted by atomic mass is 32.1. The fraction of sp³-hybridized carbons (Fsp3) is 0.364. The first-order valence-corrected chi connectivity index (χ1v) is 5.01. The van der Waals surface area contributed by atoms with E-state index < -0.39 is 0 Å². The van der Waals surface area contributed by atoms with Crippen LogP contribution >= 0.6 is 12.6 Å². The number of hydrogen-bond donors (Lipinski definition) is 1. The Morgan fingerprint density at radius 1 is 1.38 bits per heavy atom. The van der Waals surface area contributed by atoms with E-state index in [4.69, 9.17) is 0 Å². The summed E-state index contributed by atoms with van der Waals surface area (Å²) in [5.74, 6) is 0.201. The van der Waals surface area contributed by atoms with Crippen LogP contribution in [0.15, 0.2) is 29.2 Å². The van der Waals surface area contributed by atoms with Gasteiger partial charge in [-0.25, -0.2) is 0 Å². The van der Waals surface area contributed by atoms with Crippen molar-refractivity contribution in [3.63, 3.8) is 0 Å². The second kappa shape index (κ2) is 5.07. The van der Waals surface area contributed by atoms with Crippen LogP contribution in [0.25, 0.3) is 0 Å². The molecule has 0 radical (unpaired) electrons. The van der Waals surface area contributed by atoms with Crippen LogP contribution in [0.5, 0.6) is 0 Å². The molecule has 70 valence electrons. The van der Waals surface area contributed by atoms with E-state index in [1.807, 2.05) is 24.3 Å². The summed E-state index contributed by atoms with van der Waals surface area (Å²) in [6.45, 7) is 2.08. The van der Waals surface area contributed by atoms with Gasteiger partial charge in [0.15, 0.2) is 5.78 Å². The number of hydrogen-bond acceptors (Lipinski definition) is 2. The second-order valence-electron chi connectivity index (χ2n) is 3.04. The Morgan fingerprint density at radius 3 is 2.69 bits per heavy atom. The molecule has 1 aromatic carbocycles. The van der Waals surface area contributed by atoms with Gasteiger partial charge in [0, 0.05) is 16.9 Å². The SMILES string of the molecule is CCCCC(=O)c1ccccc1S. The first-order valence-electron chi connectivity index (χ1n) is 4.57. The molecule has 0 bridgehead atoms. The smallest absolute Gasteiger partial charge is 0.163 e. The third-order valence-electron chi connectivity index (χ3n) is 1.96. The summed E-state index contributed by atoms with van der Waals surface area (Å²) < 4.78 is 0. The van der Waals surface area contributed by atoms with Crippen molar-refractivity contribution < 1.29 is 4.79 Å². The van der Waals surface area contributed by atoms with Gasteiger partial charge >= 0.3 is 0 Å². The normalized spacial score (nSPS) is 10.0. The minimum absolute atomic E-state index is 0.201. The topological polar surface area (TPSA) is 17.1 Å². The number of unbranched alkanes of at least 4 members (excludes halogenated alkanes) is 1. The largest absolute Gasteiger partial charge is 0.294 e. The lowest BCUT2D eigenvalue weighted by atomic mass is 10.1. The Hall–Kier alpha value is -0.760. The number of ketones is 1. The molecule has 0 aliphatic carbocycles. The van der Waals surface area contributed by atoms with Gasteiger partial charge < -0.3 is 0 Å². The van der Waals surface area contributed by atoms with Crippen LogP contribution in [-0.4, -0.2) is 5.78 Å². The molecule has 0 N–H and O–H groups in total. The molecule has 13 heavy (non-hydrogen) atoms. The fourth-order valence-electron chi connectivity index (χ4n) is 1.18. The highest BCUT2D eigenvalue weighted by molar-refractivity contribution is 7.80. The highest BCUT2D eigenvalue weighted by Gasteiger charge is 2.07. The van der Waals surface area contributed by atoms with Crippen molar-refractivity contribution >= 4 is 18.4 Å². The van der Waals surface area contributed by atoms with Crippen LogP contribution in [-0.2, 0) is 0 Å². The zero-order chi connectivity index (χ0) is 9.68. The van der Waals surface area contributed by atoms with Crippen molar-refractivity contribution in [2.45, 2.75) is 31.1 Å². The summed E-state index contributed by atoms with van der Waals surface area (Å²) in [5, 5.41) is 0. The third kappa shape index (κ3) is 2.88. The average Bonchev–Trinajstić information content (AvgIpc) is 2.15. The second-order valence-corrected chi connectivity index (χ2v) is 3.53. The van der Waals surface area contributed by atoms with Gasteiger partial charge in [-0.1, -0.05) is 31.5 Å². The molecule has 0 atom stereocenters. The minimum atomic E-state index is 0.201. The monoisotopic (exact) mass is 194 g/mol. The maximum atomic E-state index is 11.6. The lowest BCUT2D eigenvalue weighted by Crippen LogP contribution is -1.99. The molecule has 0 saturated heterocycles. The molecule has 0 spiro atoms. The maximum Gasteiger partial charge on any atom is 0.163 e. The van der Waals surface area contributed by atoms with Crippen molar-refractivity contribution in [2.75, 3.05) is 0 Å². The van der Waals surface area contributed by atoms with Crippen molar-refractivity contribution in [2.24, 2.45) is 0 Å². The van der Waals surface area contributed by atoms with Crippen molar-refractivity contribution in [1.29, 1.82) is 0 Å². The molecule has 0 fully saturated rings. The molecule has 2 heteroatoms. The summed E-state index contributed by atoms with van der Waals surface area (Å²) >= 11 is 4.24. The van der Waals surface area contributed by atoms with E-state index in [9.17, 15) is 4.79 Å². The Labute approximate surface area is 84.6 Å². The van der Waals surface area contributed by atoms with Gasteiger partial charge in [0.1, 0.15) is 0 Å². The summed E-state index contributed by atoms with van der Waals surface area (Å²) in [4.78, 5) is 12.4. The van der Waals surface area contributed by atoms with Gasteiger partial charge in [0.2, 0.25) is 0 Å². The van der Waals surface area contributed by atoms with Crippen molar-refractivity contribution in [3.8, 4) is 0 Å². The molecule has 0 aliphatic rings. The van der Waals surface area contributed by atoms with E-state index in [0.717, 1.165) is 23.3 Å². The predicted molar refractivity (Wildman–Crippen MR) is 57.5 cm³/mol. The third-order valence-corrected chi connectivity index (χ3v) is 2.35. The molecule has 0 saturated carbocycles. The summed E-state index contributed by atoms with van der Waals surface area (Å²) in [6, 6.07) is 7.44. The van der Waals surface area contributed by atoms with Gasteiger partial charge in [-0.2, -0.15) is 0 Å². The Bertz CT molecular complexity index is 294. The van der Waals surface area contributed by atoms with E-state index in [1.54, 1.807) is 0 Å². The molecular weight excluding hydrogens is 180 g/mol. The Kier molecular flexibility index (Phi) is 4.03. The molecule has 1 aromatic rings. The van der Waals surface area contributed by atoms with Gasteiger partial charge in [-0.15, -0.1) is 12.6 Å². The quantitative estimate of drug-likeness (QED) is 0.574. The van der Waals surface area contributed by atoms with Crippen LogP contribution in [0.3, 0.4) is 0 Å². The minimum Gasteiger partial charge on any atom is -0.294 e. The van der Waals surface area contributed by atoms with Gasteiger partial charge in [0.25, 0.3) is 0 Å². The predicted octanol–water partition coefficient (Wildman–Crippen LogP) is 3.35. The first-order chi connectivity index (χ1) is 6.25. The molecule has 0 aromatic heterocycles. The molecule has 0 unspecified atom stereocenters. The lowest BCUT2D eigenvalue weighted by Gasteiger charge is -2.02. The van der Waals surface area contributed by atoms with Crippen LogP contribution in [0, 0.1) is 0 Å². The highest BCUT2D eigenvalue weighted by Crippen LogP contribution is 2.15. The molecule has 1 nitrogen and oxygen atoms in total. The van der Waals surface area contributed by atoms with Crippen molar-refractivity contribution in [1.82, 2.24) is 0 Å². The van der Waals surface area contributed by atoms with Crippen molar-refractivity contribution in [3.05, 3.63) is 29.8 Å².